The van der Waals surface area contributed by atoms with E-state index in [2.05, 4.69) is 11.7 Å². The van der Waals surface area contributed by atoms with Gasteiger partial charge in [-0.25, -0.2) is 4.39 Å². The predicted molar refractivity (Wildman–Crippen MR) is 157 cm³/mol. The molecular formula is C35H38F6O4. The first-order valence-electron chi connectivity index (χ1n) is 15.6. The van der Waals surface area contributed by atoms with Gasteiger partial charge in [0.15, 0.2) is 17.9 Å². The Morgan fingerprint density at radius 2 is 1.38 bits per heavy atom. The molecule has 0 atom stereocenters. The van der Waals surface area contributed by atoms with Crippen LogP contribution in [0.15, 0.2) is 66.7 Å². The molecule has 5 rings (SSSR count). The molecule has 3 aromatic rings. The molecule has 4 nitrogen and oxygen atoms in total. The van der Waals surface area contributed by atoms with Crippen LogP contribution in [0, 0.1) is 11.7 Å². The summed E-state index contributed by atoms with van der Waals surface area (Å²) in [7, 11) is 0. The lowest BCUT2D eigenvalue weighted by Crippen LogP contribution is -2.37. The van der Waals surface area contributed by atoms with Gasteiger partial charge in [0.25, 0.3) is 0 Å². The Kier molecular flexibility index (Phi) is 10.6. The van der Waals surface area contributed by atoms with Crippen molar-refractivity contribution < 1.29 is 45.3 Å². The number of benzene rings is 3. The van der Waals surface area contributed by atoms with Crippen LogP contribution >= 0.6 is 0 Å². The van der Waals surface area contributed by atoms with Gasteiger partial charge in [-0.15, -0.1) is 13.2 Å². The number of rotatable bonds is 11. The maximum absolute atomic E-state index is 14.8. The Morgan fingerprint density at radius 3 is 1.98 bits per heavy atom. The third kappa shape index (κ3) is 8.94. The number of ether oxygens (including phenoxy) is 4. The smallest absolute Gasteiger partial charge is 0.429 e. The quantitative estimate of drug-likeness (QED) is 0.155. The van der Waals surface area contributed by atoms with Crippen molar-refractivity contribution in [2.24, 2.45) is 5.92 Å². The normalized spacial score (nSPS) is 22.6. The third-order valence-corrected chi connectivity index (χ3v) is 8.69. The zero-order valence-corrected chi connectivity index (χ0v) is 25.1. The van der Waals surface area contributed by atoms with E-state index >= 15 is 0 Å². The van der Waals surface area contributed by atoms with E-state index in [-0.39, 0.29) is 35.4 Å². The molecule has 0 amide bonds. The molecule has 1 saturated carbocycles. The molecule has 1 heterocycles. The molecule has 0 aromatic heterocycles. The van der Waals surface area contributed by atoms with Crippen molar-refractivity contribution in [1.29, 1.82) is 0 Å². The van der Waals surface area contributed by atoms with Crippen LogP contribution in [0.25, 0.3) is 0 Å². The minimum Gasteiger partial charge on any atom is -0.429 e. The van der Waals surface area contributed by atoms with Crippen LogP contribution in [0.5, 0.6) is 11.5 Å². The van der Waals surface area contributed by atoms with Gasteiger partial charge in [-0.3, -0.25) is 0 Å². The lowest BCUT2D eigenvalue weighted by atomic mass is 9.78. The predicted octanol–water partition coefficient (Wildman–Crippen LogP) is 10.0. The second-order valence-electron chi connectivity index (χ2n) is 11.9. The van der Waals surface area contributed by atoms with Crippen molar-refractivity contribution in [3.63, 3.8) is 0 Å². The van der Waals surface area contributed by atoms with Crippen LogP contribution < -0.4 is 9.47 Å². The zero-order valence-electron chi connectivity index (χ0n) is 25.1. The average molecular weight is 637 g/mol. The summed E-state index contributed by atoms with van der Waals surface area (Å²) < 4.78 is 102. The summed E-state index contributed by atoms with van der Waals surface area (Å²) in [6.45, 7) is 2.95. The minimum atomic E-state index is -4.95. The molecule has 0 unspecified atom stereocenters. The van der Waals surface area contributed by atoms with Gasteiger partial charge in [-0.2, -0.15) is 8.78 Å². The van der Waals surface area contributed by atoms with Crippen molar-refractivity contribution >= 4 is 0 Å². The molecule has 1 saturated heterocycles. The van der Waals surface area contributed by atoms with E-state index in [0.29, 0.717) is 18.8 Å². The molecular weight excluding hydrogens is 598 g/mol. The molecule has 10 heteroatoms. The number of hydrogen-bond acceptors (Lipinski definition) is 4. The Morgan fingerprint density at radius 1 is 0.733 bits per heavy atom. The largest absolute Gasteiger partial charge is 0.573 e. The summed E-state index contributed by atoms with van der Waals surface area (Å²) in [6, 6.07) is 16.5. The molecule has 244 valence electrons. The second-order valence-corrected chi connectivity index (χ2v) is 11.9. The fourth-order valence-corrected chi connectivity index (χ4v) is 6.15. The van der Waals surface area contributed by atoms with Crippen molar-refractivity contribution in [2.45, 2.75) is 88.9 Å². The van der Waals surface area contributed by atoms with Crippen LogP contribution in [-0.4, -0.2) is 25.9 Å². The number of hydrogen-bond donors (Lipinski definition) is 0. The Balaban J connectivity index is 1.07. The Bertz CT molecular complexity index is 1360. The van der Waals surface area contributed by atoms with Crippen LogP contribution in [-0.2, 0) is 22.0 Å². The number of alkyl halides is 5. The lowest BCUT2D eigenvalue weighted by Gasteiger charge is -2.38. The van der Waals surface area contributed by atoms with Crippen LogP contribution in [0.3, 0.4) is 0 Å². The summed E-state index contributed by atoms with van der Waals surface area (Å²) >= 11 is 0. The fraction of sp³-hybridized carbons (Fsp3) is 0.486. The maximum atomic E-state index is 14.8. The number of unbranched alkanes of at least 4 members (excludes halogenated alkanes) is 2. The van der Waals surface area contributed by atoms with E-state index in [0.717, 1.165) is 74.6 Å². The zero-order chi connectivity index (χ0) is 32.0. The first-order chi connectivity index (χ1) is 21.5. The maximum Gasteiger partial charge on any atom is 0.573 e. The van der Waals surface area contributed by atoms with Crippen LogP contribution in [0.2, 0.25) is 0 Å². The highest BCUT2D eigenvalue weighted by atomic mass is 19.4. The monoisotopic (exact) mass is 636 g/mol. The topological polar surface area (TPSA) is 36.9 Å². The highest BCUT2D eigenvalue weighted by Gasteiger charge is 2.36. The molecule has 0 radical (unpaired) electrons. The fourth-order valence-electron chi connectivity index (χ4n) is 6.15. The molecule has 0 N–H and O–H groups in total. The molecule has 3 aromatic carbocycles. The highest BCUT2D eigenvalue weighted by Crippen LogP contribution is 2.41. The average Bonchev–Trinajstić information content (AvgIpc) is 3.02. The van der Waals surface area contributed by atoms with Crippen molar-refractivity contribution in [3.05, 3.63) is 94.8 Å². The Labute approximate surface area is 259 Å². The number of aryl methyl sites for hydroxylation is 1. The van der Waals surface area contributed by atoms with Gasteiger partial charge in [-0.05, 0) is 97.5 Å². The van der Waals surface area contributed by atoms with Crippen molar-refractivity contribution in [1.82, 2.24) is 0 Å². The van der Waals surface area contributed by atoms with E-state index in [1.807, 2.05) is 0 Å². The van der Waals surface area contributed by atoms with Gasteiger partial charge < -0.3 is 18.9 Å². The van der Waals surface area contributed by atoms with E-state index in [1.165, 1.54) is 30.3 Å². The summed E-state index contributed by atoms with van der Waals surface area (Å²) in [5.74, 6) is -1.71. The summed E-state index contributed by atoms with van der Waals surface area (Å²) in [5, 5.41) is 0. The Hall–Kier alpha value is -3.24. The van der Waals surface area contributed by atoms with Crippen molar-refractivity contribution in [3.8, 4) is 11.5 Å². The number of halogens is 6. The SMILES string of the molecule is CCCCCc1ccc(C(F)(F)Oc2ccc(C3COC(C4CCC(c5ccc(OC(F)(F)F)c(F)c5)CC4)OC3)cc2)cc1. The van der Waals surface area contributed by atoms with E-state index < -0.39 is 24.0 Å². The molecule has 2 aliphatic rings. The third-order valence-electron chi connectivity index (χ3n) is 8.69. The van der Waals surface area contributed by atoms with Gasteiger partial charge >= 0.3 is 12.5 Å². The molecule has 1 aliphatic carbocycles. The van der Waals surface area contributed by atoms with Gasteiger partial charge in [-0.1, -0.05) is 50.1 Å². The van der Waals surface area contributed by atoms with Gasteiger partial charge in [0.05, 0.1) is 18.8 Å². The molecule has 0 bridgehead atoms. The summed E-state index contributed by atoms with van der Waals surface area (Å²) in [5.41, 5.74) is 2.37. The molecule has 1 aliphatic heterocycles. The van der Waals surface area contributed by atoms with Crippen molar-refractivity contribution in [2.75, 3.05) is 13.2 Å². The highest BCUT2D eigenvalue weighted by molar-refractivity contribution is 5.33. The van der Waals surface area contributed by atoms with Gasteiger partial charge in [0, 0.05) is 11.8 Å². The van der Waals surface area contributed by atoms with Crippen LogP contribution in [0.1, 0.15) is 86.0 Å². The van der Waals surface area contributed by atoms with E-state index in [4.69, 9.17) is 14.2 Å². The minimum absolute atomic E-state index is 0.0232. The lowest BCUT2D eigenvalue weighted by molar-refractivity contribution is -0.275. The summed E-state index contributed by atoms with van der Waals surface area (Å²) in [4.78, 5) is 0. The molecule has 45 heavy (non-hydrogen) atoms. The standard InChI is InChI=1S/C35H38F6O4/c1-2-3-4-5-23-6-15-29(16-7-23)34(37,38)44-30-17-12-25(13-18-30)28-21-42-33(43-22-28)26-10-8-24(9-11-26)27-14-19-32(31(36)20-27)45-35(39,40)41/h6-7,12-20,24,26,28,33H,2-5,8-11,21-22H2,1H3. The molecule has 0 spiro atoms. The van der Waals surface area contributed by atoms with Crippen LogP contribution in [0.4, 0.5) is 26.3 Å². The first-order valence-corrected chi connectivity index (χ1v) is 15.6. The summed E-state index contributed by atoms with van der Waals surface area (Å²) in [6.07, 6.45) is -1.70. The second kappa shape index (κ2) is 14.5. The first kappa shape index (κ1) is 33.1. The van der Waals surface area contributed by atoms with E-state index in [1.54, 1.807) is 24.3 Å². The van der Waals surface area contributed by atoms with Gasteiger partial charge in [0.1, 0.15) is 5.75 Å². The van der Waals surface area contributed by atoms with E-state index in [9.17, 15) is 26.3 Å². The molecule has 2 fully saturated rings. The van der Waals surface area contributed by atoms with Gasteiger partial charge in [0.2, 0.25) is 0 Å².